The molecule has 0 spiro atoms. The number of carbonyl (C=O) groups excluding carboxylic acids is 1. The molecule has 0 fully saturated rings. The van der Waals surface area contributed by atoms with Gasteiger partial charge in [-0.25, -0.2) is 8.42 Å². The molecular weight excluding hydrogens is 378 g/mol. The smallest absolute Gasteiger partial charge is 0.269 e. The molecular formula is C21H15NO5S. The van der Waals surface area contributed by atoms with Crippen molar-refractivity contribution < 1.29 is 18.1 Å². The van der Waals surface area contributed by atoms with Gasteiger partial charge < -0.3 is 0 Å². The second-order valence-electron chi connectivity index (χ2n) is 5.87. The van der Waals surface area contributed by atoms with Gasteiger partial charge in [-0.05, 0) is 35.9 Å². The fraction of sp³-hybridized carbons (Fsp3) is 0. The van der Waals surface area contributed by atoms with E-state index in [0.29, 0.717) is 5.56 Å². The predicted octanol–water partition coefficient (Wildman–Crippen LogP) is 4.29. The molecule has 0 aromatic heterocycles. The first kappa shape index (κ1) is 19.2. The molecule has 0 aliphatic rings. The van der Waals surface area contributed by atoms with E-state index in [-0.39, 0.29) is 16.1 Å². The molecule has 140 valence electrons. The van der Waals surface area contributed by atoms with Crippen molar-refractivity contribution in [3.8, 4) is 0 Å². The van der Waals surface area contributed by atoms with E-state index in [1.807, 2.05) is 0 Å². The lowest BCUT2D eigenvalue weighted by Gasteiger charge is -2.09. The Morgan fingerprint density at radius 3 is 1.89 bits per heavy atom. The third kappa shape index (κ3) is 4.05. The number of benzene rings is 3. The third-order valence-corrected chi connectivity index (χ3v) is 5.78. The number of nitro groups is 1. The van der Waals surface area contributed by atoms with Crippen LogP contribution in [0.5, 0.6) is 0 Å². The van der Waals surface area contributed by atoms with E-state index in [2.05, 4.69) is 0 Å². The van der Waals surface area contributed by atoms with E-state index in [9.17, 15) is 23.3 Å². The van der Waals surface area contributed by atoms with Gasteiger partial charge in [0.05, 0.1) is 9.82 Å². The zero-order chi connectivity index (χ0) is 20.1. The largest absolute Gasteiger partial charge is 0.288 e. The number of Topliss-reactive ketones (excluding diaryl/α,β-unsaturated/α-hetero) is 1. The van der Waals surface area contributed by atoms with E-state index in [1.54, 1.807) is 48.5 Å². The van der Waals surface area contributed by atoms with Gasteiger partial charge in [-0.3, -0.25) is 14.9 Å². The molecule has 0 saturated carbocycles. The molecule has 0 bridgehead atoms. The highest BCUT2D eigenvalue weighted by Gasteiger charge is 2.28. The molecule has 0 atom stereocenters. The van der Waals surface area contributed by atoms with E-state index >= 15 is 0 Å². The van der Waals surface area contributed by atoms with Crippen molar-refractivity contribution in [1.29, 1.82) is 0 Å². The highest BCUT2D eigenvalue weighted by molar-refractivity contribution is 7.96. The van der Waals surface area contributed by atoms with Gasteiger partial charge in [0.15, 0.2) is 0 Å². The molecule has 0 aliphatic carbocycles. The van der Waals surface area contributed by atoms with Crippen LogP contribution < -0.4 is 0 Å². The average Bonchev–Trinajstić information content (AvgIpc) is 2.73. The van der Waals surface area contributed by atoms with Gasteiger partial charge in [-0.2, -0.15) is 0 Å². The van der Waals surface area contributed by atoms with Crippen LogP contribution in [0.15, 0.2) is 94.7 Å². The van der Waals surface area contributed by atoms with Crippen LogP contribution in [0.2, 0.25) is 0 Å². The number of rotatable bonds is 6. The highest BCUT2D eigenvalue weighted by atomic mass is 32.2. The molecule has 0 saturated heterocycles. The number of ketones is 1. The molecule has 0 heterocycles. The zero-order valence-electron chi connectivity index (χ0n) is 14.6. The summed E-state index contributed by atoms with van der Waals surface area (Å²) in [7, 11) is -4.10. The third-order valence-electron chi connectivity index (χ3n) is 4.00. The summed E-state index contributed by atoms with van der Waals surface area (Å²) in [6.45, 7) is 0. The Balaban J connectivity index is 2.13. The lowest BCUT2D eigenvalue weighted by atomic mass is 10.1. The molecule has 7 heteroatoms. The number of hydrogen-bond acceptors (Lipinski definition) is 5. The first-order chi connectivity index (χ1) is 13.4. The summed E-state index contributed by atoms with van der Waals surface area (Å²) in [6.07, 6.45) is 1.31. The van der Waals surface area contributed by atoms with Crippen LogP contribution in [0.1, 0.15) is 15.9 Å². The Kier molecular flexibility index (Phi) is 5.47. The number of carbonyl (C=O) groups is 1. The normalized spacial score (nSPS) is 11.8. The van der Waals surface area contributed by atoms with Crippen LogP contribution in [0, 0.1) is 10.1 Å². The molecule has 0 radical (unpaired) electrons. The van der Waals surface area contributed by atoms with Gasteiger partial charge in [-0.1, -0.05) is 48.5 Å². The number of allylic oxidation sites excluding steroid dienone is 1. The topological polar surface area (TPSA) is 94.3 Å². The number of hydrogen-bond donors (Lipinski definition) is 0. The Labute approximate surface area is 161 Å². The van der Waals surface area contributed by atoms with Crippen molar-refractivity contribution in [2.24, 2.45) is 0 Å². The first-order valence-corrected chi connectivity index (χ1v) is 9.74. The van der Waals surface area contributed by atoms with Crippen LogP contribution in [0.3, 0.4) is 0 Å². The van der Waals surface area contributed by atoms with Gasteiger partial charge in [0.1, 0.15) is 4.91 Å². The monoisotopic (exact) mass is 393 g/mol. The van der Waals surface area contributed by atoms with Crippen molar-refractivity contribution in [2.45, 2.75) is 4.90 Å². The van der Waals surface area contributed by atoms with E-state index in [1.165, 1.54) is 42.5 Å². The lowest BCUT2D eigenvalue weighted by molar-refractivity contribution is -0.384. The minimum absolute atomic E-state index is 0.00700. The predicted molar refractivity (Wildman–Crippen MR) is 105 cm³/mol. The second kappa shape index (κ2) is 7.98. The summed E-state index contributed by atoms with van der Waals surface area (Å²) in [6, 6.07) is 21.1. The zero-order valence-corrected chi connectivity index (χ0v) is 15.4. The van der Waals surface area contributed by atoms with E-state index in [0.717, 1.165) is 0 Å². The Morgan fingerprint density at radius 1 is 0.821 bits per heavy atom. The number of nitrogens with zero attached hydrogens (tertiary/aromatic N) is 1. The van der Waals surface area contributed by atoms with Crippen molar-refractivity contribution in [2.75, 3.05) is 0 Å². The second-order valence-corrected chi connectivity index (χ2v) is 7.79. The van der Waals surface area contributed by atoms with Gasteiger partial charge >= 0.3 is 0 Å². The van der Waals surface area contributed by atoms with Crippen molar-refractivity contribution in [1.82, 2.24) is 0 Å². The van der Waals surface area contributed by atoms with Crippen LogP contribution in [-0.2, 0) is 9.84 Å². The quantitative estimate of drug-likeness (QED) is 0.269. The summed E-state index contributed by atoms with van der Waals surface area (Å²) in [4.78, 5) is 22.8. The van der Waals surface area contributed by atoms with E-state index < -0.39 is 25.4 Å². The maximum absolute atomic E-state index is 13.1. The number of sulfone groups is 1. The van der Waals surface area contributed by atoms with Crippen LogP contribution in [-0.4, -0.2) is 19.1 Å². The highest BCUT2D eigenvalue weighted by Crippen LogP contribution is 2.26. The summed E-state index contributed by atoms with van der Waals surface area (Å²) >= 11 is 0. The van der Waals surface area contributed by atoms with Gasteiger partial charge in [-0.15, -0.1) is 0 Å². The number of nitro benzene ring substituents is 1. The SMILES string of the molecule is O=C(/C(=C\c1ccccc1)S(=O)(=O)c1ccccc1)c1ccc([N+](=O)[O-])cc1. The molecule has 3 rings (SSSR count). The van der Waals surface area contributed by atoms with Gasteiger partial charge in [0.2, 0.25) is 15.6 Å². The molecule has 6 nitrogen and oxygen atoms in total. The Hall–Kier alpha value is -3.58. The Morgan fingerprint density at radius 2 is 1.36 bits per heavy atom. The molecule has 3 aromatic rings. The first-order valence-electron chi connectivity index (χ1n) is 8.25. The number of non-ortho nitro benzene ring substituents is 1. The fourth-order valence-corrected chi connectivity index (χ4v) is 3.99. The standard InChI is InChI=1S/C21H15NO5S/c23-21(17-11-13-18(14-12-17)22(24)25)20(15-16-7-3-1-4-8-16)28(26,27)19-9-5-2-6-10-19/h1-15H/b20-15+. The molecule has 0 amide bonds. The van der Waals surface area contributed by atoms with Crippen molar-refractivity contribution >= 4 is 27.4 Å². The van der Waals surface area contributed by atoms with Crippen molar-refractivity contribution in [3.05, 3.63) is 111 Å². The molecule has 3 aromatic carbocycles. The molecule has 0 aliphatic heterocycles. The fourth-order valence-electron chi connectivity index (χ4n) is 2.57. The summed E-state index contributed by atoms with van der Waals surface area (Å²) in [5, 5.41) is 10.8. The van der Waals surface area contributed by atoms with Crippen LogP contribution in [0.25, 0.3) is 6.08 Å². The summed E-state index contributed by atoms with van der Waals surface area (Å²) in [5.41, 5.74) is 0.413. The van der Waals surface area contributed by atoms with Gasteiger partial charge in [0.25, 0.3) is 5.69 Å². The summed E-state index contributed by atoms with van der Waals surface area (Å²) in [5.74, 6) is -0.734. The maximum Gasteiger partial charge on any atom is 0.269 e. The Bertz CT molecular complexity index is 1140. The van der Waals surface area contributed by atoms with Crippen LogP contribution >= 0.6 is 0 Å². The molecule has 0 unspecified atom stereocenters. The van der Waals surface area contributed by atoms with Crippen LogP contribution in [0.4, 0.5) is 5.69 Å². The molecule has 0 N–H and O–H groups in total. The summed E-state index contributed by atoms with van der Waals surface area (Å²) < 4.78 is 26.3. The van der Waals surface area contributed by atoms with Gasteiger partial charge in [0, 0.05) is 17.7 Å². The average molecular weight is 393 g/mol. The molecule has 28 heavy (non-hydrogen) atoms. The lowest BCUT2D eigenvalue weighted by Crippen LogP contribution is -2.14. The van der Waals surface area contributed by atoms with E-state index in [4.69, 9.17) is 0 Å². The minimum atomic E-state index is -4.10. The minimum Gasteiger partial charge on any atom is -0.288 e. The maximum atomic E-state index is 13.1. The van der Waals surface area contributed by atoms with Crippen molar-refractivity contribution in [3.63, 3.8) is 0 Å².